The first-order valence-electron chi connectivity index (χ1n) is 25.3. The van der Waals surface area contributed by atoms with Gasteiger partial charge in [0.1, 0.15) is 54.4 Å². The Hall–Kier alpha value is -6.82. The van der Waals surface area contributed by atoms with Gasteiger partial charge in [0.25, 0.3) is 0 Å². The highest BCUT2D eigenvalue weighted by atomic mass is 32.2. The summed E-state index contributed by atoms with van der Waals surface area (Å²) in [5.41, 5.74) is 16.2. The van der Waals surface area contributed by atoms with Crippen molar-refractivity contribution < 1.29 is 78.0 Å². The molecular formula is C47H81N13O16S. The van der Waals surface area contributed by atoms with Gasteiger partial charge in [-0.1, -0.05) is 41.5 Å². The number of aliphatic hydroxyl groups is 1. The normalized spacial score (nSPS) is 16.3. The van der Waals surface area contributed by atoms with Crippen molar-refractivity contribution in [3.05, 3.63) is 0 Å². The van der Waals surface area contributed by atoms with E-state index >= 15 is 0 Å². The van der Waals surface area contributed by atoms with E-state index < -0.39 is 164 Å². The number of rotatable bonds is 36. The third kappa shape index (κ3) is 25.3. The molecule has 0 unspecified atom stereocenters. The Bertz CT molecular complexity index is 2090. The molecule has 0 aromatic rings. The highest BCUT2D eigenvalue weighted by molar-refractivity contribution is 7.98. The van der Waals surface area contributed by atoms with E-state index in [-0.39, 0.29) is 75.8 Å². The van der Waals surface area contributed by atoms with Gasteiger partial charge >= 0.3 is 17.9 Å². The first-order valence-corrected chi connectivity index (χ1v) is 26.7. The number of thioether (sulfide) groups is 1. The monoisotopic (exact) mass is 1120 g/mol. The van der Waals surface area contributed by atoms with Crippen LogP contribution in [0.3, 0.4) is 0 Å². The number of aliphatic hydroxyl groups excluding tert-OH is 1. The second-order valence-electron chi connectivity index (χ2n) is 19.7. The molecule has 9 atom stereocenters. The standard InChI is InChI=1S/C47H81N13O16S/c1-23(2)18-29(40(69)54-28(46(75)76)12-13-35(63)64)56-42(71)31(20-36(65)66)57-44(73)33-11-9-16-60(33)45(74)37(25(5)6)59-39(68)27(14-17-77-7)53-43(72)32(22-61)58-41(70)30(19-24(3)4)55-38(67)26(52-34(62)21-48)10-8-15-51-47(49)50/h23-33,37,61H,8-22,48H2,1-7H3,(H,52,62)(H,53,72)(H,54,69)(H,55,67)(H,56,71)(H,57,73)(H,58,70)(H,59,68)(H,63,64)(H,65,66)(H,75,76)(H4,49,50,51)/t26-,27-,28-,29-,30-,31-,32-,33-,37-/m0/s1. The van der Waals surface area contributed by atoms with Crippen molar-refractivity contribution in [2.45, 2.75) is 160 Å². The zero-order valence-corrected chi connectivity index (χ0v) is 45.6. The number of nitrogens with one attached hydrogen (secondary N) is 8. The van der Waals surface area contributed by atoms with Gasteiger partial charge in [-0.3, -0.25) is 57.7 Å². The van der Waals surface area contributed by atoms with Crippen molar-refractivity contribution >= 4 is 88.8 Å². The lowest BCUT2D eigenvalue weighted by molar-refractivity contribution is -0.145. The molecule has 1 saturated heterocycles. The lowest BCUT2D eigenvalue weighted by atomic mass is 10.0. The second kappa shape index (κ2) is 34.8. The predicted octanol–water partition coefficient (Wildman–Crippen LogP) is -4.21. The van der Waals surface area contributed by atoms with Gasteiger partial charge in [-0.25, -0.2) is 4.79 Å². The fourth-order valence-electron chi connectivity index (χ4n) is 7.92. The molecule has 18 N–H and O–H groups in total. The number of carboxylic acid groups (broad SMARTS) is 3. The van der Waals surface area contributed by atoms with Gasteiger partial charge < -0.3 is 85.1 Å². The van der Waals surface area contributed by atoms with E-state index in [1.54, 1.807) is 47.8 Å². The number of guanidine groups is 1. The van der Waals surface area contributed by atoms with Gasteiger partial charge in [0, 0.05) is 19.5 Å². The third-order valence-corrected chi connectivity index (χ3v) is 12.5. The number of amides is 9. The molecule has 0 aromatic heterocycles. The van der Waals surface area contributed by atoms with Crippen LogP contribution in [0.2, 0.25) is 0 Å². The fourth-order valence-corrected chi connectivity index (χ4v) is 8.39. The summed E-state index contributed by atoms with van der Waals surface area (Å²) in [7, 11) is 0. The number of aliphatic carboxylic acids is 3. The first kappa shape index (κ1) is 68.2. The van der Waals surface area contributed by atoms with Gasteiger partial charge in [0.2, 0.25) is 53.2 Å². The summed E-state index contributed by atoms with van der Waals surface area (Å²) in [6.07, 6.45) is 0.317. The van der Waals surface area contributed by atoms with Gasteiger partial charge in [0.05, 0.1) is 19.6 Å². The average Bonchev–Trinajstić information content (AvgIpc) is 3.84. The van der Waals surface area contributed by atoms with Crippen molar-refractivity contribution in [3.63, 3.8) is 0 Å². The van der Waals surface area contributed by atoms with E-state index in [4.69, 9.17) is 22.3 Å². The number of carbonyl (C=O) groups is 12. The second-order valence-corrected chi connectivity index (χ2v) is 20.6. The number of nitrogens with two attached hydrogens (primary N) is 3. The Morgan fingerprint density at radius 1 is 0.623 bits per heavy atom. The Morgan fingerprint density at radius 2 is 1.12 bits per heavy atom. The first-order chi connectivity index (χ1) is 36.1. The third-order valence-electron chi connectivity index (χ3n) is 11.9. The number of nitrogens with zero attached hydrogens (tertiary/aromatic N) is 2. The van der Waals surface area contributed by atoms with E-state index in [9.17, 15) is 72.9 Å². The van der Waals surface area contributed by atoms with E-state index in [1.165, 1.54) is 11.8 Å². The molecule has 0 aliphatic carbocycles. The minimum atomic E-state index is -1.81. The molecule has 77 heavy (non-hydrogen) atoms. The molecule has 436 valence electrons. The van der Waals surface area contributed by atoms with Crippen molar-refractivity contribution in [1.82, 2.24) is 47.4 Å². The summed E-state index contributed by atoms with van der Waals surface area (Å²) in [6, 6.07) is -12.9. The Kier molecular flexibility index (Phi) is 30.8. The molecule has 0 aromatic carbocycles. The van der Waals surface area contributed by atoms with Gasteiger partial charge in [-0.05, 0) is 81.1 Å². The minimum absolute atomic E-state index is 0.000251. The van der Waals surface area contributed by atoms with Crippen LogP contribution in [0.1, 0.15) is 106 Å². The molecule has 0 spiro atoms. The minimum Gasteiger partial charge on any atom is -0.481 e. The van der Waals surface area contributed by atoms with E-state index in [0.717, 1.165) is 4.90 Å². The lowest BCUT2D eigenvalue weighted by Gasteiger charge is -2.32. The summed E-state index contributed by atoms with van der Waals surface area (Å²) in [5.74, 6) is -13.3. The largest absolute Gasteiger partial charge is 0.481 e. The van der Waals surface area contributed by atoms with Gasteiger partial charge in [-0.2, -0.15) is 11.8 Å². The van der Waals surface area contributed by atoms with Crippen LogP contribution in [0, 0.1) is 17.8 Å². The molecule has 0 bridgehead atoms. The summed E-state index contributed by atoms with van der Waals surface area (Å²) < 4.78 is 0. The molecule has 0 radical (unpaired) electrons. The van der Waals surface area contributed by atoms with Crippen LogP contribution >= 0.6 is 11.8 Å². The summed E-state index contributed by atoms with van der Waals surface area (Å²) in [6.45, 7) is 8.86. The smallest absolute Gasteiger partial charge is 0.326 e. The van der Waals surface area contributed by atoms with Crippen molar-refractivity contribution in [1.29, 1.82) is 0 Å². The SMILES string of the molecule is CSCC[C@H](NC(=O)[C@H](CO)NC(=O)[C@H](CC(C)C)NC(=O)[C@H](CCCN=C(N)N)NC(=O)CN)C(=O)N[C@H](C(=O)N1CCC[C@H]1C(=O)N[C@@H](CC(=O)O)C(=O)N[C@@H](CC(C)C)C(=O)N[C@@H](CCC(=O)O)C(=O)O)C(C)C. The van der Waals surface area contributed by atoms with Crippen molar-refractivity contribution in [2.24, 2.45) is 39.9 Å². The number of hydrogen-bond acceptors (Lipinski definition) is 16. The van der Waals surface area contributed by atoms with Crippen molar-refractivity contribution in [3.8, 4) is 0 Å². The molecule has 30 heteroatoms. The summed E-state index contributed by atoms with van der Waals surface area (Å²) in [4.78, 5) is 162. The molecular weight excluding hydrogens is 1030 g/mol. The average molecular weight is 1120 g/mol. The number of hydrogen-bond donors (Lipinski definition) is 15. The Labute approximate surface area is 451 Å². The number of carbonyl (C=O) groups excluding carboxylic acids is 9. The molecule has 1 heterocycles. The zero-order chi connectivity index (χ0) is 58.7. The van der Waals surface area contributed by atoms with Gasteiger partial charge in [0.15, 0.2) is 5.96 Å². The molecule has 1 aliphatic rings. The highest BCUT2D eigenvalue weighted by Crippen LogP contribution is 2.22. The number of aliphatic imine (C=N–C) groups is 1. The van der Waals surface area contributed by atoms with Crippen LogP contribution in [0.25, 0.3) is 0 Å². The van der Waals surface area contributed by atoms with Crippen molar-refractivity contribution in [2.75, 3.05) is 38.2 Å². The molecule has 29 nitrogen and oxygen atoms in total. The van der Waals surface area contributed by atoms with Crippen LogP contribution in [-0.4, -0.2) is 195 Å². The summed E-state index contributed by atoms with van der Waals surface area (Å²) in [5, 5.41) is 58.3. The van der Waals surface area contributed by atoms with E-state index in [0.29, 0.717) is 5.75 Å². The van der Waals surface area contributed by atoms with E-state index in [2.05, 4.69) is 47.5 Å². The number of likely N-dealkylation sites (tertiary alicyclic amines) is 1. The van der Waals surface area contributed by atoms with Crippen LogP contribution in [-0.2, 0) is 57.5 Å². The fraction of sp³-hybridized carbons (Fsp3) is 0.723. The summed E-state index contributed by atoms with van der Waals surface area (Å²) >= 11 is 1.32. The topological polar surface area (TPSA) is 476 Å². The Balaban J connectivity index is 3.33. The molecule has 9 amide bonds. The predicted molar refractivity (Wildman–Crippen MR) is 280 cm³/mol. The molecule has 1 fully saturated rings. The maximum atomic E-state index is 14.3. The molecule has 1 rings (SSSR count). The Morgan fingerprint density at radius 3 is 1.60 bits per heavy atom. The molecule has 0 saturated carbocycles. The maximum absolute atomic E-state index is 14.3. The van der Waals surface area contributed by atoms with Crippen LogP contribution < -0.4 is 59.7 Å². The van der Waals surface area contributed by atoms with E-state index in [1.807, 2.05) is 0 Å². The molecule has 1 aliphatic heterocycles. The highest BCUT2D eigenvalue weighted by Gasteiger charge is 2.42. The maximum Gasteiger partial charge on any atom is 0.326 e. The van der Waals surface area contributed by atoms with Crippen LogP contribution in [0.4, 0.5) is 0 Å². The number of carboxylic acids is 3. The van der Waals surface area contributed by atoms with Gasteiger partial charge in [-0.15, -0.1) is 0 Å². The van der Waals surface area contributed by atoms with Crippen LogP contribution in [0.5, 0.6) is 0 Å². The zero-order valence-electron chi connectivity index (χ0n) is 44.8. The lowest BCUT2D eigenvalue weighted by Crippen LogP contribution is -2.61. The van der Waals surface area contributed by atoms with Crippen LogP contribution in [0.15, 0.2) is 4.99 Å². The quantitative estimate of drug-likeness (QED) is 0.0161.